The van der Waals surface area contributed by atoms with Crippen LogP contribution in [0.1, 0.15) is 65.1 Å². The summed E-state index contributed by atoms with van der Waals surface area (Å²) in [6.45, 7) is 11.9. The molecule has 1 aliphatic carbocycles. The number of rotatable bonds is 11. The Morgan fingerprint density at radius 3 is 2.56 bits per heavy atom. The maximum atomic E-state index is 13.4. The number of nitrogens with zero attached hydrogens (tertiary/aromatic N) is 3. The molecule has 1 aromatic heterocycles. The van der Waals surface area contributed by atoms with E-state index in [-0.39, 0.29) is 28.1 Å². The summed E-state index contributed by atoms with van der Waals surface area (Å²) in [6.07, 6.45) is 4.37. The molecule has 1 saturated carbocycles. The predicted molar refractivity (Wildman–Crippen MR) is 133 cm³/mol. The van der Waals surface area contributed by atoms with E-state index in [1.165, 1.54) is 0 Å². The van der Waals surface area contributed by atoms with Crippen molar-refractivity contribution in [1.29, 1.82) is 0 Å². The summed E-state index contributed by atoms with van der Waals surface area (Å²) >= 11 is 0. The Balaban J connectivity index is 1.90. The highest BCUT2D eigenvalue weighted by molar-refractivity contribution is 7.90. The summed E-state index contributed by atoms with van der Waals surface area (Å²) < 4.78 is 33.9. The normalized spacial score (nSPS) is 14.4. The zero-order valence-electron chi connectivity index (χ0n) is 21.4. The molecular formula is C26H39N3O4S. The van der Waals surface area contributed by atoms with Gasteiger partial charge in [-0.3, -0.25) is 4.79 Å². The zero-order chi connectivity index (χ0) is 25.1. The number of carbonyl (C=O) groups excluding carboxylic acids is 1. The molecule has 0 N–H and O–H groups in total. The van der Waals surface area contributed by atoms with Crippen molar-refractivity contribution in [2.24, 2.45) is 17.3 Å². The molecule has 3 rings (SSSR count). The van der Waals surface area contributed by atoms with Crippen LogP contribution in [0.5, 0.6) is 5.75 Å². The Labute approximate surface area is 204 Å². The molecule has 1 fully saturated rings. The molecule has 0 bridgehead atoms. The van der Waals surface area contributed by atoms with Crippen LogP contribution in [0.15, 0.2) is 35.6 Å². The molecule has 34 heavy (non-hydrogen) atoms. The van der Waals surface area contributed by atoms with Crippen LogP contribution >= 0.6 is 0 Å². The van der Waals surface area contributed by atoms with Crippen molar-refractivity contribution < 1.29 is 17.9 Å². The molecule has 1 aromatic carbocycles. The van der Waals surface area contributed by atoms with E-state index in [1.807, 2.05) is 4.90 Å². The topological polar surface area (TPSA) is 81.5 Å². The van der Waals surface area contributed by atoms with Crippen LogP contribution in [0.4, 0.5) is 0 Å². The van der Waals surface area contributed by atoms with E-state index in [9.17, 15) is 13.2 Å². The second-order valence-electron chi connectivity index (χ2n) is 11.1. The minimum Gasteiger partial charge on any atom is -0.497 e. The number of imidazole rings is 1. The lowest BCUT2D eigenvalue weighted by Crippen LogP contribution is -2.35. The molecule has 1 heterocycles. The third kappa shape index (κ3) is 7.32. The van der Waals surface area contributed by atoms with Crippen LogP contribution in [-0.4, -0.2) is 42.4 Å². The van der Waals surface area contributed by atoms with Gasteiger partial charge in [-0.15, -0.1) is 0 Å². The molecule has 8 heteroatoms. The molecule has 0 radical (unpaired) electrons. The third-order valence-corrected chi connectivity index (χ3v) is 7.38. The SMILES string of the molecule is COc1cccc(CS(=O)(=O)c2ncc(CN(CC3CC3)C(=O)CC(C)(C)C)n2CC(C)C)c1. The van der Waals surface area contributed by atoms with Crippen molar-refractivity contribution >= 4 is 15.7 Å². The first-order valence-corrected chi connectivity index (χ1v) is 13.7. The standard InChI is InChI=1S/C26H39N3O4S/c1-19(2)15-29-22(17-28(16-20-10-11-20)24(30)13-26(3,4)5)14-27-25(29)34(31,32)18-21-8-7-9-23(12-21)33-6/h7-9,12,14,19-20H,10-11,13,15-18H2,1-6H3. The van der Waals surface area contributed by atoms with Gasteiger partial charge in [-0.2, -0.15) is 0 Å². The lowest BCUT2D eigenvalue weighted by atomic mass is 9.91. The molecule has 0 unspecified atom stereocenters. The van der Waals surface area contributed by atoms with Crippen LogP contribution in [0, 0.1) is 17.3 Å². The summed E-state index contributed by atoms with van der Waals surface area (Å²) in [7, 11) is -2.14. The van der Waals surface area contributed by atoms with Gasteiger partial charge in [0.05, 0.1) is 31.3 Å². The molecule has 0 aliphatic heterocycles. The molecule has 0 saturated heterocycles. The van der Waals surface area contributed by atoms with E-state index < -0.39 is 9.84 Å². The summed E-state index contributed by atoms with van der Waals surface area (Å²) in [5, 5.41) is 0.0636. The first-order chi connectivity index (χ1) is 15.9. The van der Waals surface area contributed by atoms with Gasteiger partial charge >= 0.3 is 0 Å². The Hall–Kier alpha value is -2.35. The van der Waals surface area contributed by atoms with Crippen molar-refractivity contribution in [1.82, 2.24) is 14.5 Å². The zero-order valence-corrected chi connectivity index (χ0v) is 22.2. The van der Waals surface area contributed by atoms with Gasteiger partial charge in [0.2, 0.25) is 20.9 Å². The van der Waals surface area contributed by atoms with Gasteiger partial charge in [-0.25, -0.2) is 13.4 Å². The fourth-order valence-electron chi connectivity index (χ4n) is 4.00. The lowest BCUT2D eigenvalue weighted by Gasteiger charge is -2.27. The fourth-order valence-corrected chi connectivity index (χ4v) is 5.49. The number of methoxy groups -OCH3 is 1. The van der Waals surface area contributed by atoms with E-state index in [4.69, 9.17) is 4.74 Å². The van der Waals surface area contributed by atoms with Crippen LogP contribution in [0.25, 0.3) is 0 Å². The number of hydrogen-bond donors (Lipinski definition) is 0. The summed E-state index contributed by atoms with van der Waals surface area (Å²) in [5.41, 5.74) is 1.30. The van der Waals surface area contributed by atoms with Crippen LogP contribution in [-0.2, 0) is 33.5 Å². The smallest absolute Gasteiger partial charge is 0.228 e. The van der Waals surface area contributed by atoms with Gasteiger partial charge < -0.3 is 14.2 Å². The van der Waals surface area contributed by atoms with Crippen molar-refractivity contribution in [3.8, 4) is 5.75 Å². The molecule has 188 valence electrons. The Bertz CT molecular complexity index is 1100. The third-order valence-electron chi connectivity index (χ3n) is 5.78. The number of sulfone groups is 1. The highest BCUT2D eigenvalue weighted by atomic mass is 32.2. The van der Waals surface area contributed by atoms with E-state index in [2.05, 4.69) is 39.6 Å². The minimum absolute atomic E-state index is 0.0636. The Morgan fingerprint density at radius 1 is 1.26 bits per heavy atom. The van der Waals surface area contributed by atoms with Crippen molar-refractivity contribution in [2.75, 3.05) is 13.7 Å². The lowest BCUT2D eigenvalue weighted by molar-refractivity contribution is -0.134. The van der Waals surface area contributed by atoms with Crippen LogP contribution < -0.4 is 4.74 Å². The second-order valence-corrected chi connectivity index (χ2v) is 13.0. The van der Waals surface area contributed by atoms with Crippen molar-refractivity contribution in [2.45, 2.75) is 77.9 Å². The summed E-state index contributed by atoms with van der Waals surface area (Å²) in [4.78, 5) is 19.4. The van der Waals surface area contributed by atoms with Crippen LogP contribution in [0.3, 0.4) is 0 Å². The highest BCUT2D eigenvalue weighted by Crippen LogP contribution is 2.32. The maximum absolute atomic E-state index is 13.4. The number of benzene rings is 1. The number of amides is 1. The molecule has 7 nitrogen and oxygen atoms in total. The van der Waals surface area contributed by atoms with Gasteiger partial charge in [-0.1, -0.05) is 46.8 Å². The fraction of sp³-hybridized carbons (Fsp3) is 0.615. The average Bonchev–Trinajstić information content (AvgIpc) is 3.45. The van der Waals surface area contributed by atoms with Gasteiger partial charge in [0.25, 0.3) is 0 Å². The van der Waals surface area contributed by atoms with Crippen molar-refractivity contribution in [3.05, 3.63) is 41.7 Å². The number of ether oxygens (including phenoxy) is 1. The van der Waals surface area contributed by atoms with Crippen molar-refractivity contribution in [3.63, 3.8) is 0 Å². The number of hydrogen-bond acceptors (Lipinski definition) is 5. The number of aromatic nitrogens is 2. The van der Waals surface area contributed by atoms with E-state index in [0.717, 1.165) is 18.5 Å². The number of carbonyl (C=O) groups is 1. The quantitative estimate of drug-likeness (QED) is 0.457. The summed E-state index contributed by atoms with van der Waals surface area (Å²) in [6, 6.07) is 7.08. The van der Waals surface area contributed by atoms with E-state index in [1.54, 1.807) is 42.1 Å². The Kier molecular flexibility index (Phi) is 8.11. The highest BCUT2D eigenvalue weighted by Gasteiger charge is 2.31. The van der Waals surface area contributed by atoms with Gasteiger partial charge in [0.15, 0.2) is 0 Å². The minimum atomic E-state index is -3.70. The molecule has 0 atom stereocenters. The predicted octanol–water partition coefficient (Wildman–Crippen LogP) is 4.70. The Morgan fingerprint density at radius 2 is 1.97 bits per heavy atom. The molecular weight excluding hydrogens is 450 g/mol. The van der Waals surface area contributed by atoms with E-state index >= 15 is 0 Å². The monoisotopic (exact) mass is 489 g/mol. The summed E-state index contributed by atoms with van der Waals surface area (Å²) in [5.74, 6) is 1.33. The first kappa shape index (κ1) is 26.3. The molecule has 1 amide bonds. The van der Waals surface area contributed by atoms with Gasteiger partial charge in [0.1, 0.15) is 5.75 Å². The second kappa shape index (κ2) is 10.5. The van der Waals surface area contributed by atoms with Crippen LogP contribution in [0.2, 0.25) is 0 Å². The average molecular weight is 490 g/mol. The maximum Gasteiger partial charge on any atom is 0.228 e. The molecule has 1 aliphatic rings. The molecule has 2 aromatic rings. The largest absolute Gasteiger partial charge is 0.497 e. The van der Waals surface area contributed by atoms with Gasteiger partial charge in [0, 0.05) is 19.5 Å². The van der Waals surface area contributed by atoms with E-state index in [0.29, 0.717) is 43.3 Å². The first-order valence-electron chi connectivity index (χ1n) is 12.1. The van der Waals surface area contributed by atoms with Gasteiger partial charge in [-0.05, 0) is 47.8 Å². The molecule has 0 spiro atoms.